The van der Waals surface area contributed by atoms with Gasteiger partial charge < -0.3 is 10.3 Å². The van der Waals surface area contributed by atoms with Gasteiger partial charge in [0.05, 0.1) is 11.7 Å². The minimum Gasteiger partial charge on any atom is -0.347 e. The number of nitrogens with one attached hydrogen (secondary N) is 2. The molecule has 138 valence electrons. The summed E-state index contributed by atoms with van der Waals surface area (Å²) in [4.78, 5) is 36.2. The van der Waals surface area contributed by atoms with E-state index in [2.05, 4.69) is 20.3 Å². The van der Waals surface area contributed by atoms with Crippen LogP contribution >= 0.6 is 11.8 Å². The number of pyridine rings is 1. The molecule has 2 aromatic rings. The first-order chi connectivity index (χ1) is 12.7. The number of hydrogen-bond acceptors (Lipinski definition) is 5. The third-order valence-corrected chi connectivity index (χ3v) is 5.35. The Kier molecular flexibility index (Phi) is 6.44. The van der Waals surface area contributed by atoms with E-state index in [0.717, 1.165) is 43.4 Å². The maximum Gasteiger partial charge on any atom is 0.251 e. The van der Waals surface area contributed by atoms with Crippen molar-refractivity contribution >= 4 is 17.7 Å². The van der Waals surface area contributed by atoms with Crippen LogP contribution in [0.1, 0.15) is 43.8 Å². The van der Waals surface area contributed by atoms with Crippen LogP contribution in [0.3, 0.4) is 0 Å². The Labute approximate surface area is 157 Å². The van der Waals surface area contributed by atoms with E-state index in [0.29, 0.717) is 11.5 Å². The lowest BCUT2D eigenvalue weighted by Crippen LogP contribution is -2.34. The molecule has 1 atom stereocenters. The smallest absolute Gasteiger partial charge is 0.251 e. The molecule has 1 aliphatic rings. The molecule has 0 bridgehead atoms. The number of thioether (sulfide) groups is 1. The average Bonchev–Trinajstić information content (AvgIpc) is 3.20. The Bertz CT molecular complexity index is 788. The van der Waals surface area contributed by atoms with Crippen LogP contribution in [0.15, 0.2) is 35.4 Å². The van der Waals surface area contributed by atoms with Crippen LogP contribution in [0.4, 0.5) is 0 Å². The number of aromatic amines is 1. The highest BCUT2D eigenvalue weighted by Gasteiger charge is 2.26. The average molecular weight is 372 g/mol. The summed E-state index contributed by atoms with van der Waals surface area (Å²) in [5.74, 6) is 1.53. The number of carbonyl (C=O) groups is 1. The van der Waals surface area contributed by atoms with Gasteiger partial charge in [-0.3, -0.25) is 14.6 Å². The summed E-state index contributed by atoms with van der Waals surface area (Å²) in [7, 11) is 0. The Balaban J connectivity index is 1.86. The molecular formula is C19H24N4O2S. The topological polar surface area (TPSA) is 87.7 Å². The normalized spacial score (nSPS) is 15.7. The molecule has 1 fully saturated rings. The fourth-order valence-electron chi connectivity index (χ4n) is 3.30. The van der Waals surface area contributed by atoms with Crippen molar-refractivity contribution in [2.45, 2.75) is 38.1 Å². The van der Waals surface area contributed by atoms with E-state index >= 15 is 0 Å². The Morgan fingerprint density at radius 1 is 1.42 bits per heavy atom. The van der Waals surface area contributed by atoms with Gasteiger partial charge in [0.2, 0.25) is 5.91 Å². The summed E-state index contributed by atoms with van der Waals surface area (Å²) >= 11 is 1.71. The summed E-state index contributed by atoms with van der Waals surface area (Å²) in [6.07, 6.45) is 10.2. The van der Waals surface area contributed by atoms with E-state index in [1.807, 2.05) is 12.3 Å². The number of nitrogens with zero attached hydrogens (tertiary/aromatic N) is 2. The van der Waals surface area contributed by atoms with Crippen molar-refractivity contribution < 1.29 is 4.79 Å². The predicted molar refractivity (Wildman–Crippen MR) is 104 cm³/mol. The number of amides is 1. The molecule has 0 aliphatic heterocycles. The molecule has 2 heterocycles. The van der Waals surface area contributed by atoms with Gasteiger partial charge in [-0.1, -0.05) is 12.8 Å². The van der Waals surface area contributed by atoms with Crippen LogP contribution in [-0.4, -0.2) is 32.9 Å². The second kappa shape index (κ2) is 8.98. The highest BCUT2D eigenvalue weighted by atomic mass is 32.2. The Morgan fingerprint density at radius 3 is 2.92 bits per heavy atom. The summed E-state index contributed by atoms with van der Waals surface area (Å²) in [6.45, 7) is 0. The fraction of sp³-hybridized carbons (Fsp3) is 0.474. The quantitative estimate of drug-likeness (QED) is 0.780. The first-order valence-corrected chi connectivity index (χ1v) is 10.4. The summed E-state index contributed by atoms with van der Waals surface area (Å²) in [5, 5.41) is 3.13. The van der Waals surface area contributed by atoms with Gasteiger partial charge in [-0.05, 0) is 43.4 Å². The summed E-state index contributed by atoms with van der Waals surface area (Å²) < 4.78 is 0. The van der Waals surface area contributed by atoms with Gasteiger partial charge in [-0.15, -0.1) is 0 Å². The van der Waals surface area contributed by atoms with Crippen molar-refractivity contribution in [1.29, 1.82) is 0 Å². The predicted octanol–water partition coefficient (Wildman–Crippen LogP) is 2.93. The molecule has 0 aromatic carbocycles. The van der Waals surface area contributed by atoms with Crippen molar-refractivity contribution in [3.8, 4) is 11.4 Å². The minimum atomic E-state index is -0.256. The number of aromatic nitrogens is 3. The summed E-state index contributed by atoms with van der Waals surface area (Å²) in [5.41, 5.74) is 1.13. The molecule has 26 heavy (non-hydrogen) atoms. The van der Waals surface area contributed by atoms with E-state index in [1.54, 1.807) is 30.2 Å². The van der Waals surface area contributed by atoms with Gasteiger partial charge in [-0.25, -0.2) is 4.98 Å². The molecule has 2 aromatic heterocycles. The second-order valence-electron chi connectivity index (χ2n) is 6.58. The highest BCUT2D eigenvalue weighted by molar-refractivity contribution is 7.98. The third kappa shape index (κ3) is 4.72. The van der Waals surface area contributed by atoms with Crippen LogP contribution in [0, 0.1) is 5.92 Å². The van der Waals surface area contributed by atoms with Crippen LogP contribution < -0.4 is 10.9 Å². The van der Waals surface area contributed by atoms with Gasteiger partial charge in [0.25, 0.3) is 5.56 Å². The van der Waals surface area contributed by atoms with E-state index in [4.69, 9.17) is 0 Å². The lowest BCUT2D eigenvalue weighted by molar-refractivity contribution is -0.125. The van der Waals surface area contributed by atoms with Gasteiger partial charge in [0.15, 0.2) is 0 Å². The SMILES string of the molecule is CSCC[C@@H](NC(=O)C1CCCC1)c1cc(=O)[nH]c(-c2cccnc2)n1. The van der Waals surface area contributed by atoms with Crippen LogP contribution in [-0.2, 0) is 4.79 Å². The molecule has 7 heteroatoms. The van der Waals surface area contributed by atoms with Gasteiger partial charge in [0.1, 0.15) is 5.82 Å². The van der Waals surface area contributed by atoms with Crippen LogP contribution in [0.25, 0.3) is 11.4 Å². The highest BCUT2D eigenvalue weighted by Crippen LogP contribution is 2.26. The number of carbonyl (C=O) groups excluding carboxylic acids is 1. The molecule has 0 unspecified atom stereocenters. The van der Waals surface area contributed by atoms with E-state index < -0.39 is 0 Å². The molecule has 0 radical (unpaired) electrons. The number of H-pyrrole nitrogens is 1. The largest absolute Gasteiger partial charge is 0.347 e. The van der Waals surface area contributed by atoms with Crippen LogP contribution in [0.5, 0.6) is 0 Å². The molecule has 2 N–H and O–H groups in total. The molecule has 1 aliphatic carbocycles. The lowest BCUT2D eigenvalue weighted by Gasteiger charge is -2.20. The number of rotatable bonds is 7. The van der Waals surface area contributed by atoms with E-state index in [1.165, 1.54) is 6.07 Å². The van der Waals surface area contributed by atoms with Gasteiger partial charge in [-0.2, -0.15) is 11.8 Å². The van der Waals surface area contributed by atoms with Crippen molar-refractivity contribution in [3.05, 3.63) is 46.6 Å². The molecule has 1 amide bonds. The van der Waals surface area contributed by atoms with Crippen molar-refractivity contribution in [2.75, 3.05) is 12.0 Å². The van der Waals surface area contributed by atoms with Crippen LogP contribution in [0.2, 0.25) is 0 Å². The number of hydrogen-bond donors (Lipinski definition) is 2. The maximum atomic E-state index is 12.6. The standard InChI is InChI=1S/C19H24N4O2S/c1-26-10-8-15(22-19(25)13-5-2-3-6-13)16-11-17(24)23-18(21-16)14-7-4-9-20-12-14/h4,7,9,11-13,15H,2-3,5-6,8,10H2,1H3,(H,22,25)(H,21,23,24)/t15-/m1/s1. The first kappa shape index (κ1) is 18.6. The molecule has 3 rings (SSSR count). The molecule has 1 saturated carbocycles. The summed E-state index contributed by atoms with van der Waals surface area (Å²) in [6, 6.07) is 4.88. The van der Waals surface area contributed by atoms with Crippen molar-refractivity contribution in [2.24, 2.45) is 5.92 Å². The lowest BCUT2D eigenvalue weighted by atomic mass is 10.1. The minimum absolute atomic E-state index is 0.0820. The molecule has 0 spiro atoms. The van der Waals surface area contributed by atoms with E-state index in [9.17, 15) is 9.59 Å². The van der Waals surface area contributed by atoms with Gasteiger partial charge in [0, 0.05) is 29.9 Å². The zero-order valence-electron chi connectivity index (χ0n) is 14.9. The van der Waals surface area contributed by atoms with Crippen molar-refractivity contribution in [1.82, 2.24) is 20.3 Å². The third-order valence-electron chi connectivity index (χ3n) is 4.71. The van der Waals surface area contributed by atoms with Gasteiger partial charge >= 0.3 is 0 Å². The van der Waals surface area contributed by atoms with E-state index in [-0.39, 0.29) is 23.4 Å². The first-order valence-electron chi connectivity index (χ1n) is 8.98. The van der Waals surface area contributed by atoms with Crippen molar-refractivity contribution in [3.63, 3.8) is 0 Å². The Morgan fingerprint density at radius 2 is 2.23 bits per heavy atom. The molecule has 6 nitrogen and oxygen atoms in total. The monoisotopic (exact) mass is 372 g/mol. The fourth-order valence-corrected chi connectivity index (χ4v) is 3.77. The Hall–Kier alpha value is -2.15. The zero-order chi connectivity index (χ0) is 18.4. The zero-order valence-corrected chi connectivity index (χ0v) is 15.7. The molecular weight excluding hydrogens is 348 g/mol. The maximum absolute atomic E-state index is 12.6. The second-order valence-corrected chi connectivity index (χ2v) is 7.57. The molecule has 0 saturated heterocycles.